The predicted molar refractivity (Wildman–Crippen MR) is 19.0 cm³/mol. The molecule has 0 aromatic carbocycles. The third kappa shape index (κ3) is 20.9. The summed E-state index contributed by atoms with van der Waals surface area (Å²) in [5.41, 5.74) is 0. The maximum Gasteiger partial charge on any atom is 1.00 e. The Hall–Kier alpha value is 0.535. The van der Waals surface area contributed by atoms with E-state index in [1.807, 2.05) is 0 Å². The molecule has 0 unspecified atom stereocenters. The summed E-state index contributed by atoms with van der Waals surface area (Å²) in [4.78, 5) is 18.3. The molecule has 0 heterocycles. The minimum atomic E-state index is 0. The van der Waals surface area contributed by atoms with Gasteiger partial charge in [0.05, 0.1) is 6.42 Å². The van der Waals surface area contributed by atoms with E-state index in [-0.39, 0.29) is 47.0 Å². The molecule has 0 rings (SSSR count). The van der Waals surface area contributed by atoms with Gasteiger partial charge in [0.15, 0.2) is 0 Å². The number of aldehydes is 2. The van der Waals surface area contributed by atoms with E-state index in [1.54, 1.807) is 0 Å². The van der Waals surface area contributed by atoms with Crippen LogP contribution in [0.15, 0.2) is 0 Å². The monoisotopic (exact) mass is 88.1 g/mol. The molecule has 0 spiro atoms. The second-order valence-corrected chi connectivity index (χ2v) is 0.569. The van der Waals surface area contributed by atoms with Crippen molar-refractivity contribution in [2.24, 2.45) is 0 Å². The van der Waals surface area contributed by atoms with Crippen LogP contribution in [0.1, 0.15) is 9.27 Å². The zero-order chi connectivity index (χ0) is 4.12. The average Bonchev–Trinajstić information content (AvgIpc) is 1.41. The van der Waals surface area contributed by atoms with Crippen LogP contribution in [0.5, 0.6) is 0 Å². The van der Waals surface area contributed by atoms with Crippen molar-refractivity contribution in [2.45, 2.75) is 6.42 Å². The summed E-state index contributed by atoms with van der Waals surface area (Å²) in [6.45, 7) is 0. The molecule has 0 saturated heterocycles. The first-order valence-electron chi connectivity index (χ1n) is 1.29. The van der Waals surface area contributed by atoms with E-state index in [1.165, 1.54) is 0 Å². The molecule has 0 radical (unpaired) electrons. The second-order valence-electron chi connectivity index (χ2n) is 0.569. The molecule has 0 aliphatic carbocycles. The van der Waals surface area contributed by atoms with E-state index in [9.17, 15) is 9.59 Å². The van der Waals surface area contributed by atoms with Crippen molar-refractivity contribution in [2.75, 3.05) is 0 Å². The van der Waals surface area contributed by atoms with E-state index < -0.39 is 0 Å². The molecule has 0 saturated carbocycles. The molecule has 0 fully saturated rings. The molecule has 0 N–H and O–H groups in total. The zero-order valence-corrected chi connectivity index (χ0v) is 4.68. The van der Waals surface area contributed by atoms with Crippen molar-refractivity contribution in [1.29, 1.82) is 0 Å². The van der Waals surface area contributed by atoms with Gasteiger partial charge < -0.3 is 12.4 Å². The summed E-state index contributed by atoms with van der Waals surface area (Å²) in [6, 6.07) is 0. The maximum atomic E-state index is 9.17. The fourth-order valence-corrected chi connectivity index (χ4v) is 0.0393. The molecule has 0 aromatic heterocycles. The molecule has 0 aromatic rings. The molecule has 0 aliphatic heterocycles. The van der Waals surface area contributed by atoms with Crippen LogP contribution in [0.4, 0.5) is 0 Å². The Morgan fingerprint density at radius 2 is 1.43 bits per heavy atom. The van der Waals surface area contributed by atoms with Crippen molar-refractivity contribution in [3.05, 3.63) is 0 Å². The summed E-state index contributed by atoms with van der Waals surface area (Å²) in [7, 11) is 0. The number of hydrogen-bond acceptors (Lipinski definition) is 2. The van der Waals surface area contributed by atoms with Crippen molar-refractivity contribution < 1.29 is 50.2 Å². The van der Waals surface area contributed by atoms with Crippen LogP contribution in [0, 0.1) is 0 Å². The van der Waals surface area contributed by atoms with Crippen molar-refractivity contribution in [3.63, 3.8) is 0 Å². The molecule has 0 amide bonds. The average molecular weight is 88.0 g/mol. The minimum Gasteiger partial charge on any atom is -1.00 e. The van der Waals surface area contributed by atoms with Gasteiger partial charge in [0.2, 0.25) is 0 Å². The number of rotatable bonds is 2. The third-order valence-electron chi connectivity index (χ3n) is 0.192. The summed E-state index contributed by atoms with van der Waals surface area (Å²) >= 11 is 0. The molecule has 32 valence electrons. The third-order valence-corrected chi connectivity index (χ3v) is 0.192. The van der Waals surface area contributed by atoms with Gasteiger partial charge in [-0.05, 0) is 0 Å². The SMILES string of the molecule is O=CCC=O.[H-].[H-].[Li+].[Li+]. The van der Waals surface area contributed by atoms with Crippen LogP contribution in [0.3, 0.4) is 0 Å². The first-order valence-corrected chi connectivity index (χ1v) is 1.29. The van der Waals surface area contributed by atoms with Crippen LogP contribution in [0.25, 0.3) is 0 Å². The number of hydrogen-bond donors (Lipinski definition) is 0. The Kier molecular flexibility index (Phi) is 35.8. The first-order chi connectivity index (χ1) is 2.41. The van der Waals surface area contributed by atoms with Crippen molar-refractivity contribution in [1.82, 2.24) is 0 Å². The standard InChI is InChI=1S/C3H4O2.2Li.2H/c4-2-1-3-5;;;;/h2-3H,1H2;;;;/q;2*+1;2*-1. The minimum absolute atomic E-state index is 0. The Bertz CT molecular complexity index is 47.1. The van der Waals surface area contributed by atoms with E-state index >= 15 is 0 Å². The molecule has 2 nitrogen and oxygen atoms in total. The van der Waals surface area contributed by atoms with E-state index in [0.29, 0.717) is 12.6 Å². The van der Waals surface area contributed by atoms with Gasteiger partial charge in [0.25, 0.3) is 0 Å². The van der Waals surface area contributed by atoms with Gasteiger partial charge in [-0.1, -0.05) is 0 Å². The fourth-order valence-electron chi connectivity index (χ4n) is 0.0393. The zero-order valence-electron chi connectivity index (χ0n) is 6.68. The molecular formula is C3H6Li2O2. The normalized spacial score (nSPS) is 4.57. The van der Waals surface area contributed by atoms with Crippen LogP contribution < -0.4 is 37.7 Å². The van der Waals surface area contributed by atoms with Crippen molar-refractivity contribution in [3.8, 4) is 0 Å². The summed E-state index contributed by atoms with van der Waals surface area (Å²) in [6.07, 6.45) is 1.15. The van der Waals surface area contributed by atoms with Crippen molar-refractivity contribution >= 4 is 12.6 Å². The van der Waals surface area contributed by atoms with Crippen LogP contribution in [-0.4, -0.2) is 12.6 Å². The Morgan fingerprint density at radius 1 is 1.14 bits per heavy atom. The Morgan fingerprint density at radius 3 is 1.43 bits per heavy atom. The van der Waals surface area contributed by atoms with Gasteiger partial charge in [0, 0.05) is 0 Å². The van der Waals surface area contributed by atoms with Gasteiger partial charge in [0.1, 0.15) is 12.6 Å². The van der Waals surface area contributed by atoms with Gasteiger partial charge in [-0.3, -0.25) is 0 Å². The fraction of sp³-hybridized carbons (Fsp3) is 0.333. The largest absolute Gasteiger partial charge is 1.00 e. The van der Waals surface area contributed by atoms with E-state index in [4.69, 9.17) is 0 Å². The summed E-state index contributed by atoms with van der Waals surface area (Å²) in [5, 5.41) is 0. The molecular weight excluding hydrogens is 81.9 g/mol. The smallest absolute Gasteiger partial charge is 1.00 e. The number of carbonyl (C=O) groups is 2. The summed E-state index contributed by atoms with van der Waals surface area (Å²) in [5.74, 6) is 0. The Balaban J connectivity index is -0.0000000133. The Labute approximate surface area is 69.4 Å². The van der Waals surface area contributed by atoms with Gasteiger partial charge in [-0.25, -0.2) is 0 Å². The van der Waals surface area contributed by atoms with Gasteiger partial charge in [-0.2, -0.15) is 0 Å². The molecule has 7 heavy (non-hydrogen) atoms. The van der Waals surface area contributed by atoms with Crippen LogP contribution >= 0.6 is 0 Å². The predicted octanol–water partition coefficient (Wildman–Crippen LogP) is -5.99. The molecule has 0 aliphatic rings. The summed E-state index contributed by atoms with van der Waals surface area (Å²) < 4.78 is 0. The molecule has 0 atom stereocenters. The number of carbonyl (C=O) groups excluding carboxylic acids is 2. The van der Waals surface area contributed by atoms with E-state index in [0.717, 1.165) is 0 Å². The van der Waals surface area contributed by atoms with Gasteiger partial charge in [-0.15, -0.1) is 0 Å². The van der Waals surface area contributed by atoms with E-state index in [2.05, 4.69) is 0 Å². The molecule has 0 bridgehead atoms. The second kappa shape index (κ2) is 16.0. The first kappa shape index (κ1) is 15.6. The molecule has 4 heteroatoms. The topological polar surface area (TPSA) is 34.1 Å². The quantitative estimate of drug-likeness (QED) is 0.191. The van der Waals surface area contributed by atoms with Crippen LogP contribution in [-0.2, 0) is 9.59 Å². The van der Waals surface area contributed by atoms with Gasteiger partial charge >= 0.3 is 37.7 Å². The maximum absolute atomic E-state index is 9.17. The van der Waals surface area contributed by atoms with Crippen LogP contribution in [0.2, 0.25) is 0 Å².